The zero-order valence-corrected chi connectivity index (χ0v) is 22.6. The molecule has 8 nitrogen and oxygen atoms in total. The van der Waals surface area contributed by atoms with Gasteiger partial charge in [0, 0.05) is 13.6 Å². The number of aryl methyl sites for hydroxylation is 2. The summed E-state index contributed by atoms with van der Waals surface area (Å²) in [6.07, 6.45) is 0. The molecule has 3 aromatic rings. The Morgan fingerprint density at radius 1 is 0.946 bits per heavy atom. The van der Waals surface area contributed by atoms with Crippen LogP contribution in [0.4, 0.5) is 5.69 Å². The Kier molecular flexibility index (Phi) is 8.94. The van der Waals surface area contributed by atoms with Gasteiger partial charge in [0.1, 0.15) is 18.3 Å². The molecule has 37 heavy (non-hydrogen) atoms. The molecule has 1 N–H and O–H groups in total. The monoisotopic (exact) mass is 523 g/mol. The number of amides is 2. The van der Waals surface area contributed by atoms with Crippen LogP contribution in [0.2, 0.25) is 0 Å². The van der Waals surface area contributed by atoms with Crippen LogP contribution in [-0.4, -0.2) is 51.9 Å². The first-order chi connectivity index (χ1) is 17.6. The van der Waals surface area contributed by atoms with Crippen molar-refractivity contribution in [2.75, 3.05) is 25.0 Å². The maximum atomic E-state index is 13.8. The third-order valence-corrected chi connectivity index (χ3v) is 7.79. The molecule has 3 rings (SSSR count). The number of nitrogens with zero attached hydrogens (tertiary/aromatic N) is 2. The molecule has 0 radical (unpaired) electrons. The van der Waals surface area contributed by atoms with Gasteiger partial charge in [0.25, 0.3) is 10.0 Å². The van der Waals surface area contributed by atoms with Crippen LogP contribution < -0.4 is 14.4 Å². The second-order valence-electron chi connectivity index (χ2n) is 8.83. The highest BCUT2D eigenvalue weighted by Gasteiger charge is 2.32. The number of ether oxygens (including phenoxy) is 1. The van der Waals surface area contributed by atoms with E-state index in [1.807, 2.05) is 26.0 Å². The summed E-state index contributed by atoms with van der Waals surface area (Å²) < 4.78 is 34.0. The van der Waals surface area contributed by atoms with E-state index in [0.29, 0.717) is 11.4 Å². The normalized spacial score (nSPS) is 11.9. The van der Waals surface area contributed by atoms with Crippen LogP contribution in [0.3, 0.4) is 0 Å². The van der Waals surface area contributed by atoms with Crippen molar-refractivity contribution in [1.29, 1.82) is 0 Å². The number of anilines is 1. The third-order valence-electron chi connectivity index (χ3n) is 6.01. The summed E-state index contributed by atoms with van der Waals surface area (Å²) in [5.41, 5.74) is 2.85. The first-order valence-electron chi connectivity index (χ1n) is 11.9. The number of carbonyl (C=O) groups excluding carboxylic acids is 2. The molecular formula is C28H33N3O5S. The highest BCUT2D eigenvalue weighted by atomic mass is 32.2. The number of carbonyl (C=O) groups is 2. The van der Waals surface area contributed by atoms with E-state index in [1.54, 1.807) is 62.6 Å². The van der Waals surface area contributed by atoms with Crippen LogP contribution in [0, 0.1) is 13.8 Å². The average molecular weight is 524 g/mol. The van der Waals surface area contributed by atoms with Crippen molar-refractivity contribution in [3.8, 4) is 5.75 Å². The van der Waals surface area contributed by atoms with E-state index < -0.39 is 28.5 Å². The molecule has 0 saturated carbocycles. The molecule has 1 atom stereocenters. The lowest BCUT2D eigenvalue weighted by atomic mass is 10.1. The molecule has 0 bridgehead atoms. The topological polar surface area (TPSA) is 96.0 Å². The second-order valence-corrected chi connectivity index (χ2v) is 10.7. The van der Waals surface area contributed by atoms with Gasteiger partial charge in [-0.3, -0.25) is 13.9 Å². The van der Waals surface area contributed by atoms with Crippen molar-refractivity contribution in [3.63, 3.8) is 0 Å². The molecule has 3 aromatic carbocycles. The number of hydrogen-bond acceptors (Lipinski definition) is 5. The van der Waals surface area contributed by atoms with Crippen LogP contribution in [0.15, 0.2) is 77.7 Å². The first-order valence-corrected chi connectivity index (χ1v) is 13.3. The van der Waals surface area contributed by atoms with Crippen LogP contribution in [0.25, 0.3) is 0 Å². The predicted octanol–water partition coefficient (Wildman–Crippen LogP) is 3.67. The largest absolute Gasteiger partial charge is 0.497 e. The Bertz CT molecular complexity index is 1340. The third kappa shape index (κ3) is 6.68. The van der Waals surface area contributed by atoms with Crippen molar-refractivity contribution in [2.24, 2.45) is 0 Å². The number of likely N-dealkylation sites (N-methyl/N-ethyl adjacent to an activating group) is 1. The summed E-state index contributed by atoms with van der Waals surface area (Å²) >= 11 is 0. The lowest BCUT2D eigenvalue weighted by Crippen LogP contribution is -2.50. The molecule has 0 aromatic heterocycles. The highest BCUT2D eigenvalue weighted by Crippen LogP contribution is 2.27. The van der Waals surface area contributed by atoms with Gasteiger partial charge in [-0.2, -0.15) is 0 Å². The van der Waals surface area contributed by atoms with Crippen molar-refractivity contribution < 1.29 is 22.7 Å². The van der Waals surface area contributed by atoms with E-state index in [1.165, 1.54) is 24.1 Å². The summed E-state index contributed by atoms with van der Waals surface area (Å²) in [5, 5.41) is 2.58. The van der Waals surface area contributed by atoms with Gasteiger partial charge < -0.3 is 15.0 Å². The fourth-order valence-corrected chi connectivity index (χ4v) is 5.52. The Morgan fingerprint density at radius 3 is 2.19 bits per heavy atom. The minimum atomic E-state index is -4.09. The van der Waals surface area contributed by atoms with Gasteiger partial charge in [-0.05, 0) is 73.9 Å². The molecule has 0 spiro atoms. The van der Waals surface area contributed by atoms with E-state index in [9.17, 15) is 18.0 Å². The zero-order chi connectivity index (χ0) is 27.2. The van der Waals surface area contributed by atoms with Gasteiger partial charge >= 0.3 is 0 Å². The standard InChI is InChI=1S/C28H33N3O5S/c1-20-14-21(2)16-24(15-20)31(37(34,35)26-12-7-6-8-13-26)19-27(32)30(22(3)28(33)29-4)18-23-10-9-11-25(17-23)36-5/h6-17,22H,18-19H2,1-5H3,(H,29,33)/t22-/m0/s1. The second kappa shape index (κ2) is 11.9. The van der Waals surface area contributed by atoms with Gasteiger partial charge in [0.05, 0.1) is 17.7 Å². The number of rotatable bonds is 10. The minimum absolute atomic E-state index is 0.0701. The molecule has 9 heteroatoms. The van der Waals surface area contributed by atoms with Crippen LogP contribution in [0.1, 0.15) is 23.6 Å². The first kappa shape index (κ1) is 27.7. The number of sulfonamides is 1. The van der Waals surface area contributed by atoms with Gasteiger partial charge in [-0.15, -0.1) is 0 Å². The Labute approximate surface area is 218 Å². The summed E-state index contributed by atoms with van der Waals surface area (Å²) in [5.74, 6) is -0.265. The number of benzene rings is 3. The fourth-order valence-electron chi connectivity index (χ4n) is 4.10. The highest BCUT2D eigenvalue weighted by molar-refractivity contribution is 7.92. The van der Waals surface area contributed by atoms with E-state index in [-0.39, 0.29) is 17.3 Å². The van der Waals surface area contributed by atoms with Gasteiger partial charge in [0.2, 0.25) is 11.8 Å². The Balaban J connectivity index is 2.05. The quantitative estimate of drug-likeness (QED) is 0.438. The molecule has 0 unspecified atom stereocenters. The van der Waals surface area contributed by atoms with Crippen molar-refractivity contribution >= 4 is 27.5 Å². The van der Waals surface area contributed by atoms with Gasteiger partial charge in [0.15, 0.2) is 0 Å². The van der Waals surface area contributed by atoms with Crippen molar-refractivity contribution in [1.82, 2.24) is 10.2 Å². The number of nitrogens with one attached hydrogen (secondary N) is 1. The molecule has 0 aliphatic heterocycles. The van der Waals surface area contributed by atoms with Crippen molar-refractivity contribution in [2.45, 2.75) is 38.3 Å². The molecular weight excluding hydrogens is 490 g/mol. The average Bonchev–Trinajstić information content (AvgIpc) is 2.89. The fraction of sp³-hybridized carbons (Fsp3) is 0.286. The maximum Gasteiger partial charge on any atom is 0.264 e. The van der Waals surface area contributed by atoms with Gasteiger partial charge in [-0.1, -0.05) is 36.4 Å². The molecule has 0 aliphatic carbocycles. The minimum Gasteiger partial charge on any atom is -0.497 e. The zero-order valence-electron chi connectivity index (χ0n) is 21.8. The van der Waals surface area contributed by atoms with E-state index in [4.69, 9.17) is 4.74 Å². The Hall–Kier alpha value is -3.85. The van der Waals surface area contributed by atoms with Crippen LogP contribution >= 0.6 is 0 Å². The summed E-state index contributed by atoms with van der Waals surface area (Å²) in [4.78, 5) is 27.8. The summed E-state index contributed by atoms with van der Waals surface area (Å²) in [6.45, 7) is 4.97. The number of methoxy groups -OCH3 is 1. The van der Waals surface area contributed by atoms with E-state index in [2.05, 4.69) is 5.32 Å². The van der Waals surface area contributed by atoms with Crippen molar-refractivity contribution in [3.05, 3.63) is 89.5 Å². The van der Waals surface area contributed by atoms with Crippen LogP contribution in [-0.2, 0) is 26.2 Å². The Morgan fingerprint density at radius 2 is 1.59 bits per heavy atom. The smallest absolute Gasteiger partial charge is 0.264 e. The summed E-state index contributed by atoms with van der Waals surface area (Å²) in [7, 11) is -1.04. The number of hydrogen-bond donors (Lipinski definition) is 1. The van der Waals surface area contributed by atoms with Gasteiger partial charge in [-0.25, -0.2) is 8.42 Å². The molecule has 0 saturated heterocycles. The molecule has 0 aliphatic rings. The van der Waals surface area contributed by atoms with E-state index in [0.717, 1.165) is 21.0 Å². The van der Waals surface area contributed by atoms with E-state index >= 15 is 0 Å². The SMILES string of the molecule is CNC(=O)[C@H](C)N(Cc1cccc(OC)c1)C(=O)CN(c1cc(C)cc(C)c1)S(=O)(=O)c1ccccc1. The molecule has 0 heterocycles. The molecule has 2 amide bonds. The molecule has 0 fully saturated rings. The lowest BCUT2D eigenvalue weighted by molar-refractivity contribution is -0.139. The summed E-state index contributed by atoms with van der Waals surface area (Å²) in [6, 6.07) is 19.7. The molecule has 196 valence electrons. The lowest BCUT2D eigenvalue weighted by Gasteiger charge is -2.32. The maximum absolute atomic E-state index is 13.8. The predicted molar refractivity (Wildman–Crippen MR) is 144 cm³/mol. The van der Waals surface area contributed by atoms with Crippen LogP contribution in [0.5, 0.6) is 5.75 Å².